The first-order valence-electron chi connectivity index (χ1n) is 8.09. The molecule has 1 aliphatic heterocycles. The SMILES string of the molecule is CC(=O)O[C@H]1C[C@@H](C)[C@@H]2C(=O)OC[C@@]3(C)CC(C)(C)[C@H]1[C@]23O. The summed E-state index contributed by atoms with van der Waals surface area (Å²) in [5.74, 6) is -1.50. The van der Waals surface area contributed by atoms with Crippen molar-refractivity contribution in [3.8, 4) is 0 Å². The Bertz CT molecular complexity index is 527. The lowest BCUT2D eigenvalue weighted by atomic mass is 9.54. The summed E-state index contributed by atoms with van der Waals surface area (Å²) < 4.78 is 11.0. The number of esters is 2. The lowest BCUT2D eigenvalue weighted by molar-refractivity contribution is -0.246. The van der Waals surface area contributed by atoms with Crippen molar-refractivity contribution in [1.82, 2.24) is 0 Å². The zero-order valence-electron chi connectivity index (χ0n) is 14.0. The Kier molecular flexibility index (Phi) is 3.20. The van der Waals surface area contributed by atoms with Gasteiger partial charge < -0.3 is 14.6 Å². The predicted octanol–water partition coefficient (Wildman–Crippen LogP) is 1.91. The van der Waals surface area contributed by atoms with Crippen LogP contribution in [0.5, 0.6) is 0 Å². The van der Waals surface area contributed by atoms with Gasteiger partial charge in [0.1, 0.15) is 6.10 Å². The van der Waals surface area contributed by atoms with E-state index in [9.17, 15) is 14.7 Å². The number of rotatable bonds is 1. The Hall–Kier alpha value is -1.10. The highest BCUT2D eigenvalue weighted by Crippen LogP contribution is 2.68. The van der Waals surface area contributed by atoms with Crippen molar-refractivity contribution < 1.29 is 24.2 Å². The molecule has 124 valence electrons. The van der Waals surface area contributed by atoms with Crippen molar-refractivity contribution in [1.29, 1.82) is 0 Å². The Morgan fingerprint density at radius 1 is 1.36 bits per heavy atom. The molecule has 0 bridgehead atoms. The molecule has 1 N–H and O–H groups in total. The normalized spacial score (nSPS) is 49.3. The molecule has 0 unspecified atom stereocenters. The molecule has 3 aliphatic rings. The first-order valence-corrected chi connectivity index (χ1v) is 8.09. The molecule has 1 heterocycles. The zero-order valence-corrected chi connectivity index (χ0v) is 14.0. The molecule has 1 saturated heterocycles. The van der Waals surface area contributed by atoms with Crippen LogP contribution in [0.1, 0.15) is 47.5 Å². The first-order chi connectivity index (χ1) is 10.0. The van der Waals surface area contributed by atoms with Gasteiger partial charge in [0.25, 0.3) is 0 Å². The van der Waals surface area contributed by atoms with Gasteiger partial charge in [-0.3, -0.25) is 9.59 Å². The van der Waals surface area contributed by atoms with Crippen molar-refractivity contribution in [2.75, 3.05) is 6.61 Å². The van der Waals surface area contributed by atoms with Gasteiger partial charge in [-0.1, -0.05) is 27.7 Å². The van der Waals surface area contributed by atoms with E-state index in [1.54, 1.807) is 0 Å². The molecule has 2 aliphatic carbocycles. The third-order valence-corrected chi connectivity index (χ3v) is 6.25. The van der Waals surface area contributed by atoms with Crippen LogP contribution >= 0.6 is 0 Å². The fraction of sp³-hybridized carbons (Fsp3) is 0.882. The van der Waals surface area contributed by atoms with Gasteiger partial charge in [-0.05, 0) is 24.2 Å². The first kappa shape index (κ1) is 15.8. The molecule has 22 heavy (non-hydrogen) atoms. The molecular weight excluding hydrogens is 284 g/mol. The van der Waals surface area contributed by atoms with Crippen LogP contribution in [0.15, 0.2) is 0 Å². The van der Waals surface area contributed by atoms with E-state index in [-0.39, 0.29) is 41.9 Å². The van der Waals surface area contributed by atoms with E-state index in [2.05, 4.69) is 13.8 Å². The maximum atomic E-state index is 12.4. The Morgan fingerprint density at radius 3 is 2.59 bits per heavy atom. The van der Waals surface area contributed by atoms with Gasteiger partial charge in [0.05, 0.1) is 18.1 Å². The maximum absolute atomic E-state index is 12.4. The van der Waals surface area contributed by atoms with Crippen LogP contribution in [0.2, 0.25) is 0 Å². The van der Waals surface area contributed by atoms with Crippen molar-refractivity contribution >= 4 is 11.9 Å². The monoisotopic (exact) mass is 310 g/mol. The number of aliphatic hydroxyl groups is 1. The molecule has 5 nitrogen and oxygen atoms in total. The largest absolute Gasteiger partial charge is 0.465 e. The minimum Gasteiger partial charge on any atom is -0.465 e. The topological polar surface area (TPSA) is 72.8 Å². The summed E-state index contributed by atoms with van der Waals surface area (Å²) in [7, 11) is 0. The Balaban J connectivity index is 2.13. The molecule has 3 rings (SSSR count). The van der Waals surface area contributed by atoms with Gasteiger partial charge in [0.15, 0.2) is 0 Å². The second kappa shape index (κ2) is 4.47. The summed E-state index contributed by atoms with van der Waals surface area (Å²) in [6, 6.07) is 0. The van der Waals surface area contributed by atoms with E-state index in [1.807, 2.05) is 13.8 Å². The van der Waals surface area contributed by atoms with E-state index in [1.165, 1.54) is 6.92 Å². The van der Waals surface area contributed by atoms with Crippen LogP contribution in [-0.4, -0.2) is 35.4 Å². The summed E-state index contributed by atoms with van der Waals surface area (Å²) in [6.45, 7) is 9.75. The zero-order chi connectivity index (χ0) is 16.5. The molecule has 0 aromatic heterocycles. The fourth-order valence-electron chi connectivity index (χ4n) is 5.88. The lowest BCUT2D eigenvalue weighted by Crippen LogP contribution is -2.68. The molecular formula is C17H26O5. The lowest BCUT2D eigenvalue weighted by Gasteiger charge is -2.56. The van der Waals surface area contributed by atoms with Gasteiger partial charge >= 0.3 is 11.9 Å². The van der Waals surface area contributed by atoms with E-state index >= 15 is 0 Å². The second-order valence-corrected chi connectivity index (χ2v) is 8.48. The number of carbonyl (C=O) groups is 2. The smallest absolute Gasteiger partial charge is 0.312 e. The van der Waals surface area contributed by atoms with Gasteiger partial charge in [0, 0.05) is 18.3 Å². The highest BCUT2D eigenvalue weighted by molar-refractivity contribution is 5.76. The van der Waals surface area contributed by atoms with Crippen LogP contribution in [-0.2, 0) is 19.1 Å². The minimum absolute atomic E-state index is 0.0772. The van der Waals surface area contributed by atoms with E-state index in [0.717, 1.165) is 6.42 Å². The number of carbonyl (C=O) groups excluding carboxylic acids is 2. The average molecular weight is 310 g/mol. The number of cyclic esters (lactones) is 1. The number of ether oxygens (including phenoxy) is 2. The van der Waals surface area contributed by atoms with Crippen LogP contribution in [0.3, 0.4) is 0 Å². The van der Waals surface area contributed by atoms with Crippen molar-refractivity contribution in [2.45, 2.75) is 59.2 Å². The van der Waals surface area contributed by atoms with Gasteiger partial charge in [-0.15, -0.1) is 0 Å². The fourth-order valence-corrected chi connectivity index (χ4v) is 5.88. The molecule has 0 radical (unpaired) electrons. The van der Waals surface area contributed by atoms with E-state index in [4.69, 9.17) is 9.47 Å². The molecule has 5 heteroatoms. The summed E-state index contributed by atoms with van der Waals surface area (Å²) in [5, 5.41) is 11.7. The minimum atomic E-state index is -1.18. The Labute approximate surface area is 131 Å². The molecule has 6 atom stereocenters. The molecule has 2 saturated carbocycles. The summed E-state index contributed by atoms with van der Waals surface area (Å²) in [5.41, 5.74) is -1.90. The standard InChI is InChI=1S/C17H26O5/c1-9-6-11(22-10(2)18)13-15(3,4)7-16(5)8-21-14(19)12(9)17(13,16)20/h9,11-13,20H,6-8H2,1-5H3/t9-,11+,12-,13+,16-,17-/m1/s1. The average Bonchev–Trinajstić information content (AvgIpc) is 2.49. The van der Waals surface area contributed by atoms with Crippen LogP contribution in [0.25, 0.3) is 0 Å². The molecule has 3 fully saturated rings. The number of hydrogen-bond donors (Lipinski definition) is 1. The Morgan fingerprint density at radius 2 is 2.00 bits per heavy atom. The van der Waals surface area contributed by atoms with Crippen LogP contribution in [0.4, 0.5) is 0 Å². The van der Waals surface area contributed by atoms with E-state index < -0.39 is 16.9 Å². The highest BCUT2D eigenvalue weighted by Gasteiger charge is 2.75. The molecule has 0 spiro atoms. The summed E-state index contributed by atoms with van der Waals surface area (Å²) >= 11 is 0. The summed E-state index contributed by atoms with van der Waals surface area (Å²) in [6.07, 6.45) is 0.984. The quantitative estimate of drug-likeness (QED) is 0.749. The van der Waals surface area contributed by atoms with E-state index in [0.29, 0.717) is 6.42 Å². The predicted molar refractivity (Wildman–Crippen MR) is 78.7 cm³/mol. The molecule has 0 aromatic carbocycles. The van der Waals surface area contributed by atoms with Crippen LogP contribution < -0.4 is 0 Å². The highest BCUT2D eigenvalue weighted by atomic mass is 16.6. The maximum Gasteiger partial charge on any atom is 0.312 e. The molecule has 0 aromatic rings. The van der Waals surface area contributed by atoms with Crippen LogP contribution in [0, 0.1) is 28.6 Å². The van der Waals surface area contributed by atoms with Crippen molar-refractivity contribution in [3.05, 3.63) is 0 Å². The third-order valence-electron chi connectivity index (χ3n) is 6.25. The number of hydrogen-bond acceptors (Lipinski definition) is 5. The van der Waals surface area contributed by atoms with Gasteiger partial charge in [0.2, 0.25) is 0 Å². The third kappa shape index (κ3) is 1.81. The van der Waals surface area contributed by atoms with Gasteiger partial charge in [-0.25, -0.2) is 0 Å². The molecule has 0 amide bonds. The van der Waals surface area contributed by atoms with Gasteiger partial charge in [-0.2, -0.15) is 0 Å². The summed E-state index contributed by atoms with van der Waals surface area (Å²) in [4.78, 5) is 23.9. The van der Waals surface area contributed by atoms with Crippen molar-refractivity contribution in [2.24, 2.45) is 28.6 Å². The van der Waals surface area contributed by atoms with Crippen molar-refractivity contribution in [3.63, 3.8) is 0 Å². The second-order valence-electron chi connectivity index (χ2n) is 8.48.